The lowest BCUT2D eigenvalue weighted by atomic mass is 9.75. The van der Waals surface area contributed by atoms with Gasteiger partial charge in [0.25, 0.3) is 0 Å². The SMILES string of the molecule is CCc1cccc2c([C@@H](CC(=O)NCc3ccccc3)C3CCCCC3)c[nH]c12. The van der Waals surface area contributed by atoms with Crippen molar-refractivity contribution in [2.45, 2.75) is 64.3 Å². The van der Waals surface area contributed by atoms with Crippen LogP contribution in [0.25, 0.3) is 10.9 Å². The molecule has 0 unspecified atom stereocenters. The topological polar surface area (TPSA) is 44.9 Å². The van der Waals surface area contributed by atoms with E-state index >= 15 is 0 Å². The Labute approximate surface area is 173 Å². The van der Waals surface area contributed by atoms with E-state index < -0.39 is 0 Å². The highest BCUT2D eigenvalue weighted by molar-refractivity contribution is 5.87. The predicted molar refractivity (Wildman–Crippen MR) is 120 cm³/mol. The number of hydrogen-bond acceptors (Lipinski definition) is 1. The molecule has 1 aliphatic rings. The summed E-state index contributed by atoms with van der Waals surface area (Å²) in [6.07, 6.45) is 10.1. The molecule has 1 amide bonds. The van der Waals surface area contributed by atoms with Gasteiger partial charge in [0, 0.05) is 30.1 Å². The molecule has 2 N–H and O–H groups in total. The van der Waals surface area contributed by atoms with E-state index in [-0.39, 0.29) is 11.8 Å². The summed E-state index contributed by atoms with van der Waals surface area (Å²) >= 11 is 0. The molecule has 152 valence electrons. The Kier molecular flexibility index (Phi) is 6.33. The molecule has 4 rings (SSSR count). The smallest absolute Gasteiger partial charge is 0.220 e. The molecule has 1 saturated carbocycles. The number of aryl methyl sites for hydroxylation is 1. The van der Waals surface area contributed by atoms with Gasteiger partial charge < -0.3 is 10.3 Å². The summed E-state index contributed by atoms with van der Waals surface area (Å²) in [5.74, 6) is 1.04. The van der Waals surface area contributed by atoms with E-state index in [0.717, 1.165) is 12.0 Å². The zero-order chi connectivity index (χ0) is 20.1. The van der Waals surface area contributed by atoms with Crippen LogP contribution in [0.15, 0.2) is 54.7 Å². The number of fused-ring (bicyclic) bond motifs is 1. The van der Waals surface area contributed by atoms with Crippen molar-refractivity contribution in [3.05, 3.63) is 71.4 Å². The van der Waals surface area contributed by atoms with Gasteiger partial charge in [0.2, 0.25) is 5.91 Å². The Morgan fingerprint density at radius 1 is 1.07 bits per heavy atom. The van der Waals surface area contributed by atoms with Gasteiger partial charge in [-0.15, -0.1) is 0 Å². The van der Waals surface area contributed by atoms with E-state index in [0.29, 0.717) is 18.9 Å². The molecule has 0 aliphatic heterocycles. The number of hydrogen-bond donors (Lipinski definition) is 2. The van der Waals surface area contributed by atoms with E-state index in [9.17, 15) is 4.79 Å². The molecule has 1 aromatic heterocycles. The molecule has 0 saturated heterocycles. The molecule has 3 nitrogen and oxygen atoms in total. The lowest BCUT2D eigenvalue weighted by Gasteiger charge is -2.30. The first-order valence-electron chi connectivity index (χ1n) is 11.2. The lowest BCUT2D eigenvalue weighted by Crippen LogP contribution is -2.27. The molecule has 3 heteroatoms. The minimum atomic E-state index is 0.158. The Bertz CT molecular complexity index is 938. The average Bonchev–Trinajstić information content (AvgIpc) is 3.21. The van der Waals surface area contributed by atoms with Gasteiger partial charge in [0.1, 0.15) is 0 Å². The van der Waals surface area contributed by atoms with Crippen LogP contribution in [0.4, 0.5) is 0 Å². The van der Waals surface area contributed by atoms with Crippen molar-refractivity contribution < 1.29 is 4.79 Å². The van der Waals surface area contributed by atoms with Gasteiger partial charge in [-0.05, 0) is 47.8 Å². The van der Waals surface area contributed by atoms with Crippen molar-refractivity contribution >= 4 is 16.8 Å². The van der Waals surface area contributed by atoms with Gasteiger partial charge in [-0.1, -0.05) is 74.7 Å². The number of aromatic nitrogens is 1. The zero-order valence-corrected chi connectivity index (χ0v) is 17.4. The summed E-state index contributed by atoms with van der Waals surface area (Å²) in [7, 11) is 0. The fourth-order valence-electron chi connectivity index (χ4n) is 4.98. The van der Waals surface area contributed by atoms with E-state index in [1.807, 2.05) is 18.2 Å². The summed E-state index contributed by atoms with van der Waals surface area (Å²) in [5, 5.41) is 4.45. The Balaban J connectivity index is 1.56. The molecule has 29 heavy (non-hydrogen) atoms. The molecule has 1 aliphatic carbocycles. The Morgan fingerprint density at radius 3 is 2.62 bits per heavy atom. The second kappa shape index (κ2) is 9.30. The molecule has 0 radical (unpaired) electrons. The second-order valence-corrected chi connectivity index (χ2v) is 8.41. The average molecular weight is 389 g/mol. The van der Waals surface area contributed by atoms with Crippen LogP contribution in [-0.4, -0.2) is 10.9 Å². The monoisotopic (exact) mass is 388 g/mol. The minimum Gasteiger partial charge on any atom is -0.361 e. The number of rotatable bonds is 7. The largest absolute Gasteiger partial charge is 0.361 e. The van der Waals surface area contributed by atoms with Gasteiger partial charge in [0.15, 0.2) is 0 Å². The highest BCUT2D eigenvalue weighted by Gasteiger charge is 2.29. The van der Waals surface area contributed by atoms with Crippen molar-refractivity contribution in [2.75, 3.05) is 0 Å². The van der Waals surface area contributed by atoms with Crippen molar-refractivity contribution in [3.63, 3.8) is 0 Å². The van der Waals surface area contributed by atoms with Crippen LogP contribution < -0.4 is 5.32 Å². The zero-order valence-electron chi connectivity index (χ0n) is 17.4. The fourth-order valence-corrected chi connectivity index (χ4v) is 4.98. The summed E-state index contributed by atoms with van der Waals surface area (Å²) in [4.78, 5) is 16.4. The van der Waals surface area contributed by atoms with Gasteiger partial charge in [0.05, 0.1) is 0 Å². The molecule has 1 atom stereocenters. The van der Waals surface area contributed by atoms with Crippen molar-refractivity contribution in [1.29, 1.82) is 0 Å². The third-order valence-corrected chi connectivity index (χ3v) is 6.57. The Morgan fingerprint density at radius 2 is 1.86 bits per heavy atom. The van der Waals surface area contributed by atoms with E-state index in [1.54, 1.807) is 0 Å². The summed E-state index contributed by atoms with van der Waals surface area (Å²) < 4.78 is 0. The number of H-pyrrole nitrogens is 1. The number of carbonyl (C=O) groups is 1. The molecular formula is C26H32N2O. The van der Waals surface area contributed by atoms with E-state index in [4.69, 9.17) is 0 Å². The Hall–Kier alpha value is -2.55. The fraction of sp³-hybridized carbons (Fsp3) is 0.423. The first kappa shape index (κ1) is 19.8. The number of nitrogens with one attached hydrogen (secondary N) is 2. The number of carbonyl (C=O) groups excluding carboxylic acids is 1. The van der Waals surface area contributed by atoms with Crippen LogP contribution in [-0.2, 0) is 17.8 Å². The standard InChI is InChI=1S/C26H32N2O/c1-2-20-14-9-15-22-24(18-28-26(20)22)23(21-12-7-4-8-13-21)16-25(29)27-17-19-10-5-3-6-11-19/h3,5-6,9-11,14-15,18,21,23,28H,2,4,7-8,12-13,16-17H2,1H3,(H,27,29)/t23-/m0/s1. The predicted octanol–water partition coefficient (Wildman–Crippen LogP) is 6.10. The number of para-hydroxylation sites is 1. The first-order chi connectivity index (χ1) is 14.3. The third kappa shape index (κ3) is 4.55. The van der Waals surface area contributed by atoms with Gasteiger partial charge >= 0.3 is 0 Å². The maximum Gasteiger partial charge on any atom is 0.220 e. The number of benzene rings is 2. The van der Waals surface area contributed by atoms with E-state index in [1.165, 1.54) is 54.1 Å². The van der Waals surface area contributed by atoms with E-state index in [2.05, 4.69) is 53.8 Å². The highest BCUT2D eigenvalue weighted by Crippen LogP contribution is 2.41. The van der Waals surface area contributed by atoms with Gasteiger partial charge in [-0.3, -0.25) is 4.79 Å². The minimum absolute atomic E-state index is 0.158. The molecular weight excluding hydrogens is 356 g/mol. The highest BCUT2D eigenvalue weighted by atomic mass is 16.1. The molecule has 2 aromatic carbocycles. The quantitative estimate of drug-likeness (QED) is 0.504. The van der Waals surface area contributed by atoms with Crippen molar-refractivity contribution in [1.82, 2.24) is 10.3 Å². The van der Waals surface area contributed by atoms with Crippen LogP contribution in [0, 0.1) is 5.92 Å². The van der Waals surface area contributed by atoms with Crippen LogP contribution in [0.3, 0.4) is 0 Å². The van der Waals surface area contributed by atoms with Crippen molar-refractivity contribution in [3.8, 4) is 0 Å². The van der Waals surface area contributed by atoms with Crippen LogP contribution in [0.5, 0.6) is 0 Å². The number of aromatic amines is 1. The molecule has 3 aromatic rings. The van der Waals surface area contributed by atoms with Gasteiger partial charge in [-0.2, -0.15) is 0 Å². The van der Waals surface area contributed by atoms with Crippen LogP contribution >= 0.6 is 0 Å². The molecule has 0 spiro atoms. The summed E-state index contributed by atoms with van der Waals surface area (Å²) in [6.45, 7) is 2.80. The third-order valence-electron chi connectivity index (χ3n) is 6.57. The maximum atomic E-state index is 12.9. The maximum absolute atomic E-state index is 12.9. The van der Waals surface area contributed by atoms with Crippen molar-refractivity contribution in [2.24, 2.45) is 5.92 Å². The first-order valence-corrected chi connectivity index (χ1v) is 11.2. The lowest BCUT2D eigenvalue weighted by molar-refractivity contribution is -0.122. The van der Waals surface area contributed by atoms with Crippen LogP contribution in [0.1, 0.15) is 68.1 Å². The second-order valence-electron chi connectivity index (χ2n) is 8.41. The molecule has 0 bridgehead atoms. The molecule has 1 fully saturated rings. The normalized spacial score (nSPS) is 16.0. The summed E-state index contributed by atoms with van der Waals surface area (Å²) in [6, 6.07) is 16.7. The summed E-state index contributed by atoms with van der Waals surface area (Å²) in [5.41, 5.74) is 5.08. The number of amides is 1. The van der Waals surface area contributed by atoms with Gasteiger partial charge in [-0.25, -0.2) is 0 Å². The van der Waals surface area contributed by atoms with Crippen LogP contribution in [0.2, 0.25) is 0 Å². The molecule has 1 heterocycles.